The summed E-state index contributed by atoms with van der Waals surface area (Å²) in [5, 5.41) is 18.4. The van der Waals surface area contributed by atoms with Crippen molar-refractivity contribution in [1.29, 1.82) is 5.26 Å². The molecule has 0 bridgehead atoms. The van der Waals surface area contributed by atoms with Gasteiger partial charge in [-0.25, -0.2) is 4.98 Å². The normalized spacial score (nSPS) is 14.8. The Labute approximate surface area is 118 Å². The predicted molar refractivity (Wildman–Crippen MR) is 72.6 cm³/mol. The maximum atomic E-state index is 8.83. The summed E-state index contributed by atoms with van der Waals surface area (Å²) in [6.07, 6.45) is 6.01. The molecule has 1 fully saturated rings. The van der Waals surface area contributed by atoms with Crippen LogP contribution in [0.3, 0.4) is 0 Å². The van der Waals surface area contributed by atoms with Crippen LogP contribution in [0.2, 0.25) is 0 Å². The van der Waals surface area contributed by atoms with E-state index in [2.05, 4.69) is 24.8 Å². The molecule has 7 nitrogen and oxygen atoms in total. The molecule has 0 saturated heterocycles. The Morgan fingerprint density at radius 2 is 2.40 bits per heavy atom. The molecule has 3 aromatic rings. The predicted octanol–water partition coefficient (Wildman–Crippen LogP) is 1.10. The molecule has 1 aliphatic carbocycles. The average molecular weight is 285 g/mol. The number of nitrogens with one attached hydrogen (secondary N) is 1. The van der Waals surface area contributed by atoms with Gasteiger partial charge in [-0.3, -0.25) is 4.40 Å². The number of rotatable bonds is 4. The topological polar surface area (TPSA) is 83.8 Å². The first-order valence-corrected chi connectivity index (χ1v) is 7.23. The second-order valence-electron chi connectivity index (χ2n) is 4.72. The van der Waals surface area contributed by atoms with Crippen molar-refractivity contribution in [2.24, 2.45) is 0 Å². The van der Waals surface area contributed by atoms with E-state index in [1.165, 1.54) is 19.2 Å². The van der Waals surface area contributed by atoms with Crippen molar-refractivity contribution in [3.63, 3.8) is 0 Å². The summed E-state index contributed by atoms with van der Waals surface area (Å²) in [4.78, 5) is 9.44. The van der Waals surface area contributed by atoms with Crippen molar-refractivity contribution in [3.05, 3.63) is 29.4 Å². The van der Waals surface area contributed by atoms with E-state index in [-0.39, 0.29) is 5.82 Å². The zero-order valence-corrected chi connectivity index (χ0v) is 11.3. The molecule has 0 aromatic carbocycles. The van der Waals surface area contributed by atoms with Gasteiger partial charge in [-0.15, -0.1) is 16.4 Å². The van der Waals surface area contributed by atoms with Crippen molar-refractivity contribution in [2.75, 3.05) is 0 Å². The third kappa shape index (κ3) is 1.88. The monoisotopic (exact) mass is 285 g/mol. The highest BCUT2D eigenvalue weighted by Gasteiger charge is 2.23. The molecular weight excluding hydrogens is 274 g/mol. The van der Waals surface area contributed by atoms with Gasteiger partial charge in [0, 0.05) is 24.2 Å². The van der Waals surface area contributed by atoms with Crippen LogP contribution >= 0.6 is 11.3 Å². The molecule has 0 aliphatic heterocycles. The second-order valence-corrected chi connectivity index (χ2v) is 5.59. The highest BCUT2D eigenvalue weighted by molar-refractivity contribution is 7.15. The van der Waals surface area contributed by atoms with Crippen LogP contribution in [0.25, 0.3) is 10.8 Å². The SMILES string of the molecule is N#Cc1ncn(-c2nc3sccn3c2CNC2CC2)n1. The van der Waals surface area contributed by atoms with Crippen molar-refractivity contribution in [3.8, 4) is 11.9 Å². The Hall–Kier alpha value is -2.24. The number of thiazole rings is 1. The van der Waals surface area contributed by atoms with Crippen LogP contribution in [0, 0.1) is 11.3 Å². The molecule has 1 saturated carbocycles. The smallest absolute Gasteiger partial charge is 0.252 e. The third-order valence-electron chi connectivity index (χ3n) is 3.28. The number of aromatic nitrogens is 5. The van der Waals surface area contributed by atoms with Crippen molar-refractivity contribution in [1.82, 2.24) is 29.5 Å². The van der Waals surface area contributed by atoms with Gasteiger partial charge in [0.1, 0.15) is 12.4 Å². The van der Waals surface area contributed by atoms with Gasteiger partial charge in [-0.1, -0.05) is 0 Å². The van der Waals surface area contributed by atoms with E-state index in [0.29, 0.717) is 6.04 Å². The standard InChI is InChI=1S/C12H11N7S/c13-5-10-15-7-19(17-10)11-9(6-14-8-1-2-8)18-3-4-20-12(18)16-11/h3-4,7-8,14H,1-2,6H2. The Kier molecular flexibility index (Phi) is 2.55. The molecule has 0 amide bonds. The van der Waals surface area contributed by atoms with Crippen molar-refractivity contribution >= 4 is 16.3 Å². The van der Waals surface area contributed by atoms with Crippen LogP contribution in [0.5, 0.6) is 0 Å². The number of nitrogens with zero attached hydrogens (tertiary/aromatic N) is 6. The van der Waals surface area contributed by atoms with Crippen LogP contribution in [0.15, 0.2) is 17.9 Å². The van der Waals surface area contributed by atoms with E-state index in [0.717, 1.165) is 23.0 Å². The van der Waals surface area contributed by atoms with Gasteiger partial charge in [-0.2, -0.15) is 14.9 Å². The Bertz CT molecular complexity index is 801. The largest absolute Gasteiger partial charge is 0.308 e. The number of imidazole rings is 1. The lowest BCUT2D eigenvalue weighted by molar-refractivity contribution is 0.663. The molecule has 20 heavy (non-hydrogen) atoms. The molecule has 1 aliphatic rings. The van der Waals surface area contributed by atoms with Gasteiger partial charge in [0.05, 0.1) is 5.69 Å². The third-order valence-corrected chi connectivity index (χ3v) is 4.04. The number of hydrogen-bond donors (Lipinski definition) is 1. The summed E-state index contributed by atoms with van der Waals surface area (Å²) in [6.45, 7) is 0.736. The highest BCUT2D eigenvalue weighted by atomic mass is 32.1. The summed E-state index contributed by atoms with van der Waals surface area (Å²) in [7, 11) is 0. The quantitative estimate of drug-likeness (QED) is 0.776. The minimum atomic E-state index is 0.155. The highest BCUT2D eigenvalue weighted by Crippen LogP contribution is 2.23. The second kappa shape index (κ2) is 4.40. The minimum Gasteiger partial charge on any atom is -0.308 e. The first kappa shape index (κ1) is 11.6. The lowest BCUT2D eigenvalue weighted by Crippen LogP contribution is -2.18. The van der Waals surface area contributed by atoms with Crippen LogP contribution in [-0.4, -0.2) is 30.2 Å². The Morgan fingerprint density at radius 3 is 3.15 bits per heavy atom. The molecule has 100 valence electrons. The molecule has 0 radical (unpaired) electrons. The fourth-order valence-corrected chi connectivity index (χ4v) is 2.84. The molecule has 8 heteroatoms. The average Bonchev–Trinajstić information content (AvgIpc) is 2.90. The van der Waals surface area contributed by atoms with Crippen LogP contribution in [0.1, 0.15) is 24.4 Å². The van der Waals surface area contributed by atoms with Gasteiger partial charge in [0.25, 0.3) is 5.82 Å². The Morgan fingerprint density at radius 1 is 1.50 bits per heavy atom. The molecule has 0 spiro atoms. The maximum Gasteiger partial charge on any atom is 0.252 e. The van der Waals surface area contributed by atoms with Crippen molar-refractivity contribution in [2.45, 2.75) is 25.4 Å². The van der Waals surface area contributed by atoms with E-state index >= 15 is 0 Å². The van der Waals surface area contributed by atoms with E-state index < -0.39 is 0 Å². The maximum absolute atomic E-state index is 8.83. The lowest BCUT2D eigenvalue weighted by Gasteiger charge is -2.04. The zero-order chi connectivity index (χ0) is 13.5. The molecular formula is C12H11N7S. The Balaban J connectivity index is 1.78. The summed E-state index contributed by atoms with van der Waals surface area (Å²) in [6, 6.07) is 2.56. The van der Waals surface area contributed by atoms with Crippen LogP contribution in [-0.2, 0) is 6.54 Å². The molecule has 4 rings (SSSR count). The summed E-state index contributed by atoms with van der Waals surface area (Å²) >= 11 is 1.58. The number of fused-ring (bicyclic) bond motifs is 1. The van der Waals surface area contributed by atoms with E-state index in [1.54, 1.807) is 16.0 Å². The first-order chi connectivity index (χ1) is 9.85. The summed E-state index contributed by atoms with van der Waals surface area (Å²) in [5.74, 6) is 0.890. The number of hydrogen-bond acceptors (Lipinski definition) is 6. The summed E-state index contributed by atoms with van der Waals surface area (Å²) < 4.78 is 3.63. The molecule has 1 N–H and O–H groups in total. The van der Waals surface area contributed by atoms with Crippen LogP contribution < -0.4 is 5.32 Å². The van der Waals surface area contributed by atoms with E-state index in [4.69, 9.17) is 5.26 Å². The minimum absolute atomic E-state index is 0.155. The van der Waals surface area contributed by atoms with Gasteiger partial charge in [0.2, 0.25) is 0 Å². The van der Waals surface area contributed by atoms with Gasteiger partial charge >= 0.3 is 0 Å². The zero-order valence-electron chi connectivity index (χ0n) is 10.5. The fraction of sp³-hybridized carbons (Fsp3) is 0.333. The first-order valence-electron chi connectivity index (χ1n) is 6.35. The van der Waals surface area contributed by atoms with Crippen LogP contribution in [0.4, 0.5) is 0 Å². The lowest BCUT2D eigenvalue weighted by atomic mass is 10.4. The fourth-order valence-electron chi connectivity index (χ4n) is 2.11. The molecule has 0 unspecified atom stereocenters. The summed E-state index contributed by atoms with van der Waals surface area (Å²) in [5.41, 5.74) is 1.04. The van der Waals surface area contributed by atoms with Gasteiger partial charge < -0.3 is 5.32 Å². The van der Waals surface area contributed by atoms with E-state index in [9.17, 15) is 0 Å². The van der Waals surface area contributed by atoms with E-state index in [1.807, 2.05) is 17.6 Å². The van der Waals surface area contributed by atoms with Gasteiger partial charge in [0.15, 0.2) is 10.8 Å². The molecule has 3 heterocycles. The molecule has 0 atom stereocenters. The number of nitriles is 1. The van der Waals surface area contributed by atoms with Crippen molar-refractivity contribution < 1.29 is 0 Å². The van der Waals surface area contributed by atoms with Gasteiger partial charge in [-0.05, 0) is 12.8 Å². The molecule has 3 aromatic heterocycles.